The molecule has 0 radical (unpaired) electrons. The molecule has 1 aliphatic heterocycles. The van der Waals surface area contributed by atoms with Crippen molar-refractivity contribution >= 4 is 22.9 Å². The number of methoxy groups -OCH3 is 2. The van der Waals surface area contributed by atoms with Gasteiger partial charge in [-0.2, -0.15) is 5.10 Å². The number of carbonyl (C=O) groups is 1. The Kier molecular flexibility index (Phi) is 5.92. The van der Waals surface area contributed by atoms with Gasteiger partial charge in [0.2, 0.25) is 0 Å². The number of hydrazone groups is 1. The van der Waals surface area contributed by atoms with Crippen LogP contribution in [0, 0.1) is 0 Å². The summed E-state index contributed by atoms with van der Waals surface area (Å²) in [6, 6.07) is 19.1. The molecule has 7 heteroatoms. The molecule has 0 aliphatic carbocycles. The first kappa shape index (κ1) is 19.9. The molecule has 2 unspecified atom stereocenters. The van der Waals surface area contributed by atoms with Crippen LogP contribution in [0.15, 0.2) is 65.8 Å². The molecule has 2 atom stereocenters. The first-order valence-electron chi connectivity index (χ1n) is 9.73. The van der Waals surface area contributed by atoms with E-state index in [1.54, 1.807) is 20.4 Å². The number of amides is 1. The average Bonchev–Trinajstić information content (AvgIpc) is 3.28. The number of nitrogens with zero attached hydrogens (tertiary/aromatic N) is 1. The van der Waals surface area contributed by atoms with Gasteiger partial charge in [0.15, 0.2) is 0 Å². The van der Waals surface area contributed by atoms with Gasteiger partial charge in [-0.1, -0.05) is 30.3 Å². The van der Waals surface area contributed by atoms with Crippen molar-refractivity contribution in [3.8, 4) is 11.5 Å². The van der Waals surface area contributed by atoms with Crippen molar-refractivity contribution in [1.29, 1.82) is 0 Å². The highest BCUT2D eigenvalue weighted by molar-refractivity contribution is 5.89. The summed E-state index contributed by atoms with van der Waals surface area (Å²) >= 11 is 0. The molecule has 0 aromatic heterocycles. The maximum Gasteiger partial charge on any atom is 0.258 e. The van der Waals surface area contributed by atoms with Crippen LogP contribution in [0.3, 0.4) is 0 Å². The van der Waals surface area contributed by atoms with Crippen molar-refractivity contribution in [2.45, 2.75) is 18.5 Å². The number of rotatable bonds is 6. The van der Waals surface area contributed by atoms with Crippen LogP contribution < -0.4 is 25.8 Å². The van der Waals surface area contributed by atoms with Crippen molar-refractivity contribution in [3.63, 3.8) is 0 Å². The van der Waals surface area contributed by atoms with Crippen LogP contribution in [-0.2, 0) is 4.79 Å². The number of hydrogen-bond donors (Lipinski definition) is 3. The van der Waals surface area contributed by atoms with E-state index >= 15 is 0 Å². The maximum atomic E-state index is 12.6. The lowest BCUT2D eigenvalue weighted by Gasteiger charge is -2.17. The zero-order valence-corrected chi connectivity index (χ0v) is 16.9. The minimum Gasteiger partial charge on any atom is -0.497 e. The third-order valence-corrected chi connectivity index (χ3v) is 5.22. The Morgan fingerprint density at radius 3 is 2.60 bits per heavy atom. The summed E-state index contributed by atoms with van der Waals surface area (Å²) in [5.74, 6) is 1.37. The third kappa shape index (κ3) is 4.12. The quantitative estimate of drug-likeness (QED) is 0.435. The van der Waals surface area contributed by atoms with Crippen LogP contribution in [-0.4, -0.2) is 32.4 Å². The smallest absolute Gasteiger partial charge is 0.258 e. The molecule has 3 aromatic rings. The second-order valence-electron chi connectivity index (χ2n) is 7.04. The second-order valence-corrected chi connectivity index (χ2v) is 7.04. The molecule has 30 heavy (non-hydrogen) atoms. The summed E-state index contributed by atoms with van der Waals surface area (Å²) in [6.07, 6.45) is 2.18. The Labute approximate surface area is 175 Å². The summed E-state index contributed by atoms with van der Waals surface area (Å²) in [5, 5.41) is 6.30. The lowest BCUT2D eigenvalue weighted by atomic mass is 9.95. The highest BCUT2D eigenvalue weighted by Crippen LogP contribution is 2.36. The van der Waals surface area contributed by atoms with E-state index in [0.29, 0.717) is 6.42 Å². The van der Waals surface area contributed by atoms with E-state index in [9.17, 15) is 4.79 Å². The zero-order valence-electron chi connectivity index (χ0n) is 16.9. The molecule has 1 aliphatic rings. The first-order chi connectivity index (χ1) is 14.7. The molecule has 1 saturated heterocycles. The molecule has 0 bridgehead atoms. The first-order valence-corrected chi connectivity index (χ1v) is 9.73. The minimum atomic E-state index is -0.410. The molecule has 3 aromatic carbocycles. The van der Waals surface area contributed by atoms with Gasteiger partial charge in [-0.3, -0.25) is 4.79 Å². The minimum absolute atomic E-state index is 0.0626. The van der Waals surface area contributed by atoms with Gasteiger partial charge in [0, 0.05) is 5.56 Å². The van der Waals surface area contributed by atoms with Crippen LogP contribution >= 0.6 is 0 Å². The van der Waals surface area contributed by atoms with E-state index < -0.39 is 6.04 Å². The Morgan fingerprint density at radius 1 is 1.03 bits per heavy atom. The fourth-order valence-corrected chi connectivity index (χ4v) is 3.67. The molecule has 1 amide bonds. The number of benzene rings is 3. The Balaban J connectivity index is 1.43. The molecular weight excluding hydrogens is 380 g/mol. The molecule has 0 saturated carbocycles. The lowest BCUT2D eigenvalue weighted by Crippen LogP contribution is -2.41. The number of hydrogen-bond acceptors (Lipinski definition) is 6. The molecule has 4 rings (SSSR count). The summed E-state index contributed by atoms with van der Waals surface area (Å²) < 4.78 is 10.7. The van der Waals surface area contributed by atoms with Gasteiger partial charge >= 0.3 is 0 Å². The summed E-state index contributed by atoms with van der Waals surface area (Å²) in [5.41, 5.74) is 10.8. The van der Waals surface area contributed by atoms with Crippen molar-refractivity contribution < 1.29 is 14.3 Å². The van der Waals surface area contributed by atoms with Gasteiger partial charge in [0.25, 0.3) is 5.91 Å². The number of carbonyl (C=O) groups excluding carboxylic acids is 1. The normalized spacial score (nSPS) is 18.6. The van der Waals surface area contributed by atoms with Gasteiger partial charge in [0.1, 0.15) is 17.5 Å². The van der Waals surface area contributed by atoms with E-state index in [1.165, 1.54) is 0 Å². The van der Waals surface area contributed by atoms with Crippen molar-refractivity contribution in [1.82, 2.24) is 16.3 Å². The Morgan fingerprint density at radius 2 is 1.83 bits per heavy atom. The largest absolute Gasteiger partial charge is 0.497 e. The highest BCUT2D eigenvalue weighted by Gasteiger charge is 2.32. The van der Waals surface area contributed by atoms with Crippen LogP contribution in [0.5, 0.6) is 11.5 Å². The predicted octanol–water partition coefficient (Wildman–Crippen LogP) is 2.91. The van der Waals surface area contributed by atoms with Crippen LogP contribution in [0.2, 0.25) is 0 Å². The Bertz CT molecular complexity index is 1070. The SMILES string of the molecule is COc1ccc(/C=N/NC(=O)C2CC(c3c(OC)ccc4ccccc34)NN2)cc1. The second kappa shape index (κ2) is 8.94. The molecule has 154 valence electrons. The van der Waals surface area contributed by atoms with Gasteiger partial charge in [-0.05, 0) is 53.1 Å². The molecule has 0 spiro atoms. The lowest BCUT2D eigenvalue weighted by molar-refractivity contribution is -0.122. The molecule has 3 N–H and O–H groups in total. The van der Waals surface area contributed by atoms with Crippen LogP contribution in [0.1, 0.15) is 23.6 Å². The molecule has 1 heterocycles. The topological polar surface area (TPSA) is 84.0 Å². The van der Waals surface area contributed by atoms with E-state index in [2.05, 4.69) is 33.5 Å². The van der Waals surface area contributed by atoms with Gasteiger partial charge in [-0.25, -0.2) is 16.3 Å². The fourth-order valence-electron chi connectivity index (χ4n) is 3.67. The van der Waals surface area contributed by atoms with E-state index in [1.807, 2.05) is 48.5 Å². The van der Waals surface area contributed by atoms with E-state index in [-0.39, 0.29) is 11.9 Å². The molecular formula is C23H24N4O3. The fraction of sp³-hybridized carbons (Fsp3) is 0.217. The highest BCUT2D eigenvalue weighted by atomic mass is 16.5. The van der Waals surface area contributed by atoms with Gasteiger partial charge < -0.3 is 9.47 Å². The molecule has 7 nitrogen and oxygen atoms in total. The third-order valence-electron chi connectivity index (χ3n) is 5.22. The van der Waals surface area contributed by atoms with Gasteiger partial charge in [0.05, 0.1) is 26.5 Å². The number of nitrogens with one attached hydrogen (secondary N) is 3. The van der Waals surface area contributed by atoms with E-state index in [0.717, 1.165) is 33.4 Å². The maximum absolute atomic E-state index is 12.6. The summed E-state index contributed by atoms with van der Waals surface area (Å²) in [6.45, 7) is 0. The van der Waals surface area contributed by atoms with Gasteiger partial charge in [-0.15, -0.1) is 0 Å². The van der Waals surface area contributed by atoms with Crippen molar-refractivity contribution in [2.24, 2.45) is 5.10 Å². The Hall–Kier alpha value is -3.42. The average molecular weight is 404 g/mol. The van der Waals surface area contributed by atoms with Crippen molar-refractivity contribution in [2.75, 3.05) is 14.2 Å². The van der Waals surface area contributed by atoms with Crippen LogP contribution in [0.25, 0.3) is 10.8 Å². The number of ether oxygens (including phenoxy) is 2. The van der Waals surface area contributed by atoms with Crippen molar-refractivity contribution in [3.05, 3.63) is 71.8 Å². The summed E-state index contributed by atoms with van der Waals surface area (Å²) in [7, 11) is 3.28. The van der Waals surface area contributed by atoms with Crippen LogP contribution in [0.4, 0.5) is 0 Å². The number of fused-ring (bicyclic) bond motifs is 1. The zero-order chi connectivity index (χ0) is 20.9. The van der Waals surface area contributed by atoms with E-state index in [4.69, 9.17) is 9.47 Å². The standard InChI is InChI=1S/C23H24N4O3/c1-29-17-10-7-15(8-11-17)14-24-27-23(28)20-13-19(25-26-20)22-18-6-4-3-5-16(18)9-12-21(22)30-2/h3-12,14,19-20,25-26H,13H2,1-2H3,(H,27,28)/b24-14+. The predicted molar refractivity (Wildman–Crippen MR) is 117 cm³/mol. The molecule has 1 fully saturated rings. The summed E-state index contributed by atoms with van der Waals surface area (Å²) in [4.78, 5) is 12.6. The number of hydrazine groups is 1. The monoisotopic (exact) mass is 404 g/mol.